The molecule has 3 N–H and O–H groups in total. The number of aromatic nitrogens is 4. The maximum Gasteiger partial charge on any atom is 0.348 e. The molecule has 2 aliphatic rings. The van der Waals surface area contributed by atoms with Crippen LogP contribution in [0.15, 0.2) is 24.8 Å². The number of H-pyrrole nitrogens is 2. The number of carbonyl (C=O) groups is 3. The summed E-state index contributed by atoms with van der Waals surface area (Å²) in [6.45, 7) is 16.0. The molecule has 5 heterocycles. The number of carboxylic acids is 1. The van der Waals surface area contributed by atoms with Crippen molar-refractivity contribution in [1.29, 1.82) is 0 Å². The summed E-state index contributed by atoms with van der Waals surface area (Å²) in [5.41, 5.74) is 10.8. The molecule has 0 unspecified atom stereocenters. The Morgan fingerprint density at radius 1 is 1.05 bits per heavy atom. The predicted octanol–water partition coefficient (Wildman–Crippen LogP) is 6.98. The lowest BCUT2D eigenvalue weighted by Crippen LogP contribution is -2.12. The molecule has 0 saturated heterocycles. The van der Waals surface area contributed by atoms with E-state index >= 15 is 0 Å². The molecule has 3 aromatic heterocycles. The van der Waals surface area contributed by atoms with Gasteiger partial charge in [0.05, 0.1) is 35.3 Å². The smallest absolute Gasteiger partial charge is 0.348 e. The Labute approximate surface area is 249 Å². The van der Waals surface area contributed by atoms with Gasteiger partial charge in [-0.05, 0) is 73.6 Å². The van der Waals surface area contributed by atoms with Crippen molar-refractivity contribution in [2.24, 2.45) is 0 Å². The molecule has 0 spiro atoms. The first-order valence-corrected chi connectivity index (χ1v) is 14.5. The fraction of sp³-hybridized carbons (Fsp3) is 0.324. The molecule has 0 radical (unpaired) electrons. The minimum Gasteiger partial charge on any atom is -0.481 e. The molecule has 9 nitrogen and oxygen atoms in total. The van der Waals surface area contributed by atoms with Crippen molar-refractivity contribution in [2.45, 2.75) is 73.1 Å². The first-order chi connectivity index (χ1) is 20.4. The van der Waals surface area contributed by atoms with E-state index < -0.39 is 17.9 Å². The summed E-state index contributed by atoms with van der Waals surface area (Å²) < 4.78 is 5.19. The fourth-order valence-electron chi connectivity index (χ4n) is 5.82. The van der Waals surface area contributed by atoms with Crippen LogP contribution in [0, 0.1) is 13.8 Å². The van der Waals surface area contributed by atoms with Gasteiger partial charge in [-0.2, -0.15) is 0 Å². The lowest BCUT2D eigenvalue weighted by atomic mass is 10.0. The summed E-state index contributed by atoms with van der Waals surface area (Å²) in [6, 6.07) is 5.90. The Morgan fingerprint density at radius 3 is 2.40 bits per heavy atom. The molecule has 0 aliphatic carbocycles. The van der Waals surface area contributed by atoms with Gasteiger partial charge in [0.2, 0.25) is 0 Å². The van der Waals surface area contributed by atoms with E-state index in [1.54, 1.807) is 6.92 Å². The van der Waals surface area contributed by atoms with Gasteiger partial charge in [-0.25, -0.2) is 9.78 Å². The van der Waals surface area contributed by atoms with Crippen molar-refractivity contribution in [3.63, 3.8) is 0 Å². The number of fused-ring (bicyclic) bond motifs is 5. The van der Waals surface area contributed by atoms with Crippen molar-refractivity contribution in [3.8, 4) is 0 Å². The van der Waals surface area contributed by atoms with E-state index in [0.717, 1.165) is 51.1 Å². The second kappa shape index (κ2) is 11.5. The number of hydrogen-bond acceptors (Lipinski definition) is 6. The minimum atomic E-state index is -0.994. The number of cyclic esters (lactones) is 2. The van der Waals surface area contributed by atoms with Crippen molar-refractivity contribution >= 4 is 57.2 Å². The van der Waals surface area contributed by atoms with Gasteiger partial charge in [0.1, 0.15) is 0 Å². The van der Waals surface area contributed by atoms with Crippen molar-refractivity contribution in [1.82, 2.24) is 19.9 Å². The molecule has 5 rings (SSSR count). The molecule has 43 heavy (non-hydrogen) atoms. The van der Waals surface area contributed by atoms with E-state index in [1.165, 1.54) is 0 Å². The number of carbonyl (C=O) groups excluding carboxylic acids is 2. The van der Waals surface area contributed by atoms with Crippen LogP contribution in [0.2, 0.25) is 0 Å². The molecule has 0 saturated carbocycles. The number of rotatable bonds is 6. The molecule has 0 atom stereocenters. The van der Waals surface area contributed by atoms with E-state index in [9.17, 15) is 19.5 Å². The number of aromatic amines is 2. The van der Waals surface area contributed by atoms with Gasteiger partial charge < -0.3 is 19.8 Å². The summed E-state index contributed by atoms with van der Waals surface area (Å²) in [4.78, 5) is 54.6. The van der Waals surface area contributed by atoms with Crippen LogP contribution < -0.4 is 0 Å². The largest absolute Gasteiger partial charge is 0.481 e. The van der Waals surface area contributed by atoms with Crippen molar-refractivity contribution in [2.75, 3.05) is 0 Å². The van der Waals surface area contributed by atoms with Gasteiger partial charge in [-0.15, -0.1) is 0 Å². The number of hydrogen-bond donors (Lipinski definition) is 3. The molecule has 9 heteroatoms. The molecule has 2 aliphatic heterocycles. The van der Waals surface area contributed by atoms with Crippen LogP contribution in [-0.4, -0.2) is 43.0 Å². The van der Waals surface area contributed by atoms with Crippen LogP contribution in [0.5, 0.6) is 0 Å². The number of carboxylic acid groups (broad SMARTS) is 1. The molecular weight excluding hydrogens is 544 g/mol. The maximum absolute atomic E-state index is 13.2. The highest BCUT2D eigenvalue weighted by Gasteiger charge is 2.29. The predicted molar refractivity (Wildman–Crippen MR) is 168 cm³/mol. The van der Waals surface area contributed by atoms with Crippen LogP contribution in [0.1, 0.15) is 102 Å². The van der Waals surface area contributed by atoms with E-state index in [4.69, 9.17) is 14.7 Å². The second-order valence-corrected chi connectivity index (χ2v) is 11.3. The summed E-state index contributed by atoms with van der Waals surface area (Å²) in [5, 5.41) is 9.59. The van der Waals surface area contributed by atoms with Crippen LogP contribution >= 0.6 is 0 Å². The third-order valence-corrected chi connectivity index (χ3v) is 8.27. The average molecular weight is 581 g/mol. The number of nitrogens with one attached hydrogen (secondary N) is 2. The zero-order chi connectivity index (χ0) is 31.2. The highest BCUT2D eigenvalue weighted by atomic mass is 16.6. The Hall–Kier alpha value is -4.79. The first-order valence-electron chi connectivity index (χ1n) is 14.5. The summed E-state index contributed by atoms with van der Waals surface area (Å²) in [5.74, 6) is -2.51. The highest BCUT2D eigenvalue weighted by molar-refractivity contribution is 6.09. The molecule has 222 valence electrons. The standard InChI is InChI=1S/C34H36N4O5/c1-8-20-17(5)25-13-24(16(3)4)35-23(10-11-30(39)40)22-12-31(41)43-34(42)32-19(7)27(38-33(22)32)15-29-21(9-2)18(6)26(37-29)14-28(20)36-25/h8,13-16,36,38H,1,9-12H2,2-7H3,(H,39,40). The van der Waals surface area contributed by atoms with Crippen LogP contribution in [-0.2, 0) is 27.2 Å². The van der Waals surface area contributed by atoms with Crippen LogP contribution in [0.3, 0.4) is 0 Å². The van der Waals surface area contributed by atoms with Crippen LogP contribution in [0.25, 0.3) is 39.3 Å². The van der Waals surface area contributed by atoms with Gasteiger partial charge in [0.25, 0.3) is 0 Å². The molecule has 0 amide bonds. The number of aliphatic carboxylic acids is 1. The zero-order valence-corrected chi connectivity index (χ0v) is 25.4. The van der Waals surface area contributed by atoms with Crippen molar-refractivity contribution in [3.05, 3.63) is 75.4 Å². The Kier molecular flexibility index (Phi) is 7.92. The molecular formula is C34H36N4O5. The third-order valence-electron chi connectivity index (χ3n) is 8.27. The Bertz CT molecular complexity index is 1910. The van der Waals surface area contributed by atoms with Gasteiger partial charge in [0, 0.05) is 45.5 Å². The van der Waals surface area contributed by atoms with Gasteiger partial charge >= 0.3 is 17.9 Å². The maximum atomic E-state index is 13.2. The normalized spacial score (nSPS) is 13.7. The van der Waals surface area contributed by atoms with Crippen LogP contribution in [0.4, 0.5) is 0 Å². The summed E-state index contributed by atoms with van der Waals surface area (Å²) in [6.07, 6.45) is 2.19. The number of aryl methyl sites for hydroxylation is 3. The van der Waals surface area contributed by atoms with Crippen molar-refractivity contribution < 1.29 is 24.2 Å². The zero-order valence-electron chi connectivity index (χ0n) is 25.4. The first kappa shape index (κ1) is 29.7. The third kappa shape index (κ3) is 5.43. The van der Waals surface area contributed by atoms with E-state index in [2.05, 4.69) is 30.4 Å². The minimum absolute atomic E-state index is 0.0524. The summed E-state index contributed by atoms with van der Waals surface area (Å²) in [7, 11) is 0. The SMILES string of the molecule is C=Cc1c(C)c2cc(C(C)C)nc(CCC(=O)O)c3c4[nH]c(cc5nc(cc1[nH]2)C(C)=C5CC)c(C)c4C(=O)OC(=O)C3. The number of esters is 2. The van der Waals surface area contributed by atoms with Gasteiger partial charge in [-0.1, -0.05) is 33.4 Å². The lowest BCUT2D eigenvalue weighted by Gasteiger charge is -2.08. The average Bonchev–Trinajstić information content (AvgIpc) is 3.50. The topological polar surface area (TPSA) is 138 Å². The molecule has 0 aromatic carbocycles. The lowest BCUT2D eigenvalue weighted by molar-refractivity contribution is -0.137. The Balaban J connectivity index is 2.06. The molecule has 6 bridgehead atoms. The fourth-order valence-corrected chi connectivity index (χ4v) is 5.82. The molecule has 3 aromatic rings. The highest BCUT2D eigenvalue weighted by Crippen LogP contribution is 2.35. The van der Waals surface area contributed by atoms with Gasteiger partial charge in [-0.3, -0.25) is 14.6 Å². The summed E-state index contributed by atoms with van der Waals surface area (Å²) >= 11 is 0. The monoisotopic (exact) mass is 580 g/mol. The van der Waals surface area contributed by atoms with E-state index in [-0.39, 0.29) is 30.7 Å². The number of nitrogens with zero attached hydrogens (tertiary/aromatic N) is 2. The number of allylic oxidation sites excluding steroid dienone is 2. The molecule has 0 fully saturated rings. The second-order valence-electron chi connectivity index (χ2n) is 11.3. The van der Waals surface area contributed by atoms with E-state index in [1.807, 2.05) is 45.0 Å². The number of ether oxygens (including phenoxy) is 1. The Morgan fingerprint density at radius 2 is 1.74 bits per heavy atom. The van der Waals surface area contributed by atoms with Gasteiger partial charge in [0.15, 0.2) is 0 Å². The van der Waals surface area contributed by atoms with E-state index in [0.29, 0.717) is 33.5 Å². The quantitative estimate of drug-likeness (QED) is 0.211.